The fourth-order valence-electron chi connectivity index (χ4n) is 3.46. The van der Waals surface area contributed by atoms with Crippen molar-refractivity contribution in [2.45, 2.75) is 20.4 Å². The fourth-order valence-corrected chi connectivity index (χ4v) is 3.98. The van der Waals surface area contributed by atoms with Gasteiger partial charge in [0.2, 0.25) is 5.91 Å². The topological polar surface area (TPSA) is 35.6 Å². The third kappa shape index (κ3) is 5.69. The van der Waals surface area contributed by atoms with Gasteiger partial charge >= 0.3 is 0 Å². The monoisotopic (exact) mass is 405 g/mol. The molecular weight excluding hydrogens is 381 g/mol. The first-order valence-corrected chi connectivity index (χ1v) is 9.92. The van der Waals surface area contributed by atoms with Crippen molar-refractivity contribution in [1.29, 1.82) is 0 Å². The van der Waals surface area contributed by atoms with Gasteiger partial charge in [0.25, 0.3) is 0 Å². The number of halogens is 2. The SMILES string of the molecule is Cc1cc(C)cc(NC(=O)CN2CCN(Cc3c(Cl)cccc3Cl)CC2)c1. The second-order valence-corrected chi connectivity index (χ2v) is 7.99. The van der Waals surface area contributed by atoms with Crippen molar-refractivity contribution in [1.82, 2.24) is 9.80 Å². The number of hydrogen-bond acceptors (Lipinski definition) is 3. The normalized spacial score (nSPS) is 15.7. The van der Waals surface area contributed by atoms with Crippen LogP contribution in [-0.2, 0) is 11.3 Å². The highest BCUT2D eigenvalue weighted by Crippen LogP contribution is 2.26. The summed E-state index contributed by atoms with van der Waals surface area (Å²) in [5, 5.41) is 4.42. The van der Waals surface area contributed by atoms with Gasteiger partial charge in [0, 0.05) is 54.0 Å². The quantitative estimate of drug-likeness (QED) is 0.801. The predicted molar refractivity (Wildman–Crippen MR) is 113 cm³/mol. The van der Waals surface area contributed by atoms with E-state index in [-0.39, 0.29) is 5.91 Å². The van der Waals surface area contributed by atoms with E-state index in [1.807, 2.05) is 44.2 Å². The van der Waals surface area contributed by atoms with Crippen LogP contribution in [0.3, 0.4) is 0 Å². The highest BCUT2D eigenvalue weighted by atomic mass is 35.5. The molecular formula is C21H25Cl2N3O. The molecule has 0 saturated carbocycles. The van der Waals surface area contributed by atoms with Crippen molar-refractivity contribution in [2.75, 3.05) is 38.0 Å². The first kappa shape index (κ1) is 20.2. The largest absolute Gasteiger partial charge is 0.325 e. The molecule has 1 amide bonds. The van der Waals surface area contributed by atoms with Crippen molar-refractivity contribution in [3.8, 4) is 0 Å². The van der Waals surface area contributed by atoms with Gasteiger partial charge in [0.05, 0.1) is 6.54 Å². The number of carbonyl (C=O) groups excluding carboxylic acids is 1. The van der Waals surface area contributed by atoms with Crippen LogP contribution < -0.4 is 5.32 Å². The third-order valence-electron chi connectivity index (χ3n) is 4.78. The molecule has 0 unspecified atom stereocenters. The zero-order valence-electron chi connectivity index (χ0n) is 15.8. The van der Waals surface area contributed by atoms with E-state index >= 15 is 0 Å². The number of amides is 1. The molecule has 2 aromatic rings. The van der Waals surface area contributed by atoms with Gasteiger partial charge in [-0.1, -0.05) is 35.3 Å². The summed E-state index contributed by atoms with van der Waals surface area (Å²) in [6, 6.07) is 11.7. The van der Waals surface area contributed by atoms with Gasteiger partial charge in [0.1, 0.15) is 0 Å². The first-order valence-electron chi connectivity index (χ1n) is 9.16. The van der Waals surface area contributed by atoms with Gasteiger partial charge in [-0.3, -0.25) is 14.6 Å². The molecule has 0 radical (unpaired) electrons. The molecule has 1 aliphatic heterocycles. The molecule has 1 N–H and O–H groups in total. The Hall–Kier alpha value is -1.59. The minimum absolute atomic E-state index is 0.0302. The molecule has 1 heterocycles. The Balaban J connectivity index is 1.48. The first-order chi connectivity index (χ1) is 12.9. The van der Waals surface area contributed by atoms with E-state index < -0.39 is 0 Å². The third-order valence-corrected chi connectivity index (χ3v) is 5.49. The van der Waals surface area contributed by atoms with Crippen LogP contribution in [0.4, 0.5) is 5.69 Å². The molecule has 1 saturated heterocycles. The van der Waals surface area contributed by atoms with Crippen molar-refractivity contribution in [3.63, 3.8) is 0 Å². The number of piperazine rings is 1. The zero-order chi connectivity index (χ0) is 19.4. The average Bonchev–Trinajstić information content (AvgIpc) is 2.59. The minimum Gasteiger partial charge on any atom is -0.325 e. The smallest absolute Gasteiger partial charge is 0.238 e. The van der Waals surface area contributed by atoms with Crippen molar-refractivity contribution < 1.29 is 4.79 Å². The summed E-state index contributed by atoms with van der Waals surface area (Å²) < 4.78 is 0. The van der Waals surface area contributed by atoms with E-state index in [0.29, 0.717) is 16.6 Å². The Morgan fingerprint density at radius 3 is 2.11 bits per heavy atom. The maximum Gasteiger partial charge on any atom is 0.238 e. The lowest BCUT2D eigenvalue weighted by atomic mass is 10.1. The number of aryl methyl sites for hydroxylation is 2. The van der Waals surface area contributed by atoms with E-state index in [0.717, 1.165) is 55.1 Å². The average molecular weight is 406 g/mol. The molecule has 27 heavy (non-hydrogen) atoms. The van der Waals surface area contributed by atoms with Gasteiger partial charge in [-0.05, 0) is 49.2 Å². The zero-order valence-corrected chi connectivity index (χ0v) is 17.3. The molecule has 3 rings (SSSR count). The predicted octanol–water partition coefficient (Wildman–Crippen LogP) is 4.37. The Morgan fingerprint density at radius 1 is 0.963 bits per heavy atom. The summed E-state index contributed by atoms with van der Waals surface area (Å²) in [6.07, 6.45) is 0. The highest BCUT2D eigenvalue weighted by molar-refractivity contribution is 6.35. The summed E-state index contributed by atoms with van der Waals surface area (Å²) in [6.45, 7) is 8.69. The molecule has 0 bridgehead atoms. The Labute approximate surface area is 171 Å². The van der Waals surface area contributed by atoms with Crippen LogP contribution in [0, 0.1) is 13.8 Å². The van der Waals surface area contributed by atoms with E-state index in [1.54, 1.807) is 0 Å². The Morgan fingerprint density at radius 2 is 1.52 bits per heavy atom. The maximum absolute atomic E-state index is 12.4. The summed E-state index contributed by atoms with van der Waals surface area (Å²) in [7, 11) is 0. The summed E-state index contributed by atoms with van der Waals surface area (Å²) >= 11 is 12.5. The number of hydrogen-bond donors (Lipinski definition) is 1. The standard InChI is InChI=1S/C21H25Cl2N3O/c1-15-10-16(2)12-17(11-15)24-21(27)14-26-8-6-25(7-9-26)13-18-19(22)4-3-5-20(18)23/h3-5,10-12H,6-9,13-14H2,1-2H3,(H,24,27). The second-order valence-electron chi connectivity index (χ2n) is 7.18. The molecule has 1 fully saturated rings. The number of benzene rings is 2. The molecule has 144 valence electrons. The van der Waals surface area contributed by atoms with Crippen LogP contribution in [0.5, 0.6) is 0 Å². The lowest BCUT2D eigenvalue weighted by Gasteiger charge is -2.34. The molecule has 4 nitrogen and oxygen atoms in total. The molecule has 0 aliphatic carbocycles. The van der Waals surface area contributed by atoms with Gasteiger partial charge in [-0.2, -0.15) is 0 Å². The molecule has 0 spiro atoms. The highest BCUT2D eigenvalue weighted by Gasteiger charge is 2.20. The summed E-state index contributed by atoms with van der Waals surface area (Å²) in [4.78, 5) is 16.9. The molecule has 1 aliphatic rings. The maximum atomic E-state index is 12.4. The van der Waals surface area contributed by atoms with Crippen LogP contribution in [0.25, 0.3) is 0 Å². The van der Waals surface area contributed by atoms with E-state index in [9.17, 15) is 4.79 Å². The van der Waals surface area contributed by atoms with Crippen molar-refractivity contribution in [2.24, 2.45) is 0 Å². The van der Waals surface area contributed by atoms with Gasteiger partial charge < -0.3 is 5.32 Å². The van der Waals surface area contributed by atoms with E-state index in [1.165, 1.54) is 0 Å². The van der Waals surface area contributed by atoms with Crippen LogP contribution in [-0.4, -0.2) is 48.4 Å². The van der Waals surface area contributed by atoms with Crippen LogP contribution >= 0.6 is 23.2 Å². The van der Waals surface area contributed by atoms with Gasteiger partial charge in [-0.25, -0.2) is 0 Å². The molecule has 2 aromatic carbocycles. The minimum atomic E-state index is 0.0302. The number of nitrogens with one attached hydrogen (secondary N) is 1. The summed E-state index contributed by atoms with van der Waals surface area (Å²) in [5.74, 6) is 0.0302. The summed E-state index contributed by atoms with van der Waals surface area (Å²) in [5.41, 5.74) is 4.14. The van der Waals surface area contributed by atoms with Crippen LogP contribution in [0.15, 0.2) is 36.4 Å². The number of rotatable bonds is 5. The van der Waals surface area contributed by atoms with E-state index in [2.05, 4.69) is 21.2 Å². The number of anilines is 1. The molecule has 0 atom stereocenters. The fraction of sp³-hybridized carbons (Fsp3) is 0.381. The number of carbonyl (C=O) groups is 1. The van der Waals surface area contributed by atoms with Crippen LogP contribution in [0.1, 0.15) is 16.7 Å². The van der Waals surface area contributed by atoms with Crippen molar-refractivity contribution in [3.05, 3.63) is 63.1 Å². The van der Waals surface area contributed by atoms with E-state index in [4.69, 9.17) is 23.2 Å². The molecule has 0 aromatic heterocycles. The van der Waals surface area contributed by atoms with Gasteiger partial charge in [0.15, 0.2) is 0 Å². The van der Waals surface area contributed by atoms with Gasteiger partial charge in [-0.15, -0.1) is 0 Å². The lowest BCUT2D eigenvalue weighted by molar-refractivity contribution is -0.117. The Bertz CT molecular complexity index is 777. The Kier molecular flexibility index (Phi) is 6.77. The second kappa shape index (κ2) is 9.07. The molecule has 6 heteroatoms. The van der Waals surface area contributed by atoms with Crippen LogP contribution in [0.2, 0.25) is 10.0 Å². The van der Waals surface area contributed by atoms with Crippen molar-refractivity contribution >= 4 is 34.8 Å². The lowest BCUT2D eigenvalue weighted by Crippen LogP contribution is -2.48. The number of nitrogens with zero attached hydrogens (tertiary/aromatic N) is 2.